The van der Waals surface area contributed by atoms with Gasteiger partial charge in [-0.3, -0.25) is 9.59 Å². The number of hydrogen-bond acceptors (Lipinski definition) is 7. The number of rotatable bonds is 11. The summed E-state index contributed by atoms with van der Waals surface area (Å²) in [6.07, 6.45) is 2.69. The highest BCUT2D eigenvalue weighted by Crippen LogP contribution is 2.30. The van der Waals surface area contributed by atoms with Crippen molar-refractivity contribution in [1.29, 1.82) is 0 Å². The van der Waals surface area contributed by atoms with E-state index in [-0.39, 0.29) is 44.0 Å². The third-order valence-corrected chi connectivity index (χ3v) is 8.81. The number of esters is 2. The van der Waals surface area contributed by atoms with Gasteiger partial charge in [0.2, 0.25) is 5.91 Å². The first kappa shape index (κ1) is 31.8. The lowest BCUT2D eigenvalue weighted by Crippen LogP contribution is -2.43. The van der Waals surface area contributed by atoms with E-state index in [0.29, 0.717) is 38.1 Å². The lowest BCUT2D eigenvalue weighted by molar-refractivity contribution is -0.155. The Labute approximate surface area is 274 Å². The molecule has 0 radical (unpaired) electrons. The van der Waals surface area contributed by atoms with Gasteiger partial charge in [-0.05, 0) is 53.8 Å². The molecule has 0 bridgehead atoms. The molecular weight excluding hydrogens is 596 g/mol. The van der Waals surface area contributed by atoms with E-state index in [1.807, 2.05) is 91.0 Å². The number of carbonyl (C=O) groups is 4. The van der Waals surface area contributed by atoms with Crippen LogP contribution in [0, 0.1) is 0 Å². The highest BCUT2D eigenvalue weighted by molar-refractivity contribution is 5.95. The lowest BCUT2D eigenvalue weighted by Gasteiger charge is -2.24. The van der Waals surface area contributed by atoms with Crippen LogP contribution in [0.3, 0.4) is 0 Å². The molecule has 4 aromatic carbocycles. The third kappa shape index (κ3) is 7.62. The van der Waals surface area contributed by atoms with E-state index in [9.17, 15) is 19.2 Å². The van der Waals surface area contributed by atoms with Crippen molar-refractivity contribution in [2.24, 2.45) is 0 Å². The van der Waals surface area contributed by atoms with Gasteiger partial charge in [0, 0.05) is 18.5 Å². The van der Waals surface area contributed by atoms with Crippen molar-refractivity contribution in [1.82, 2.24) is 9.80 Å². The molecule has 0 unspecified atom stereocenters. The molecule has 2 aliphatic heterocycles. The zero-order valence-corrected chi connectivity index (χ0v) is 26.2. The molecule has 9 heteroatoms. The first-order valence-corrected chi connectivity index (χ1v) is 16.1. The number of ether oxygens (including phenoxy) is 3. The van der Waals surface area contributed by atoms with Crippen molar-refractivity contribution < 1.29 is 33.4 Å². The van der Waals surface area contributed by atoms with E-state index >= 15 is 0 Å². The summed E-state index contributed by atoms with van der Waals surface area (Å²) in [6.45, 7) is 1.07. The van der Waals surface area contributed by atoms with Crippen LogP contribution in [0.1, 0.15) is 42.4 Å². The van der Waals surface area contributed by atoms with Gasteiger partial charge in [0.25, 0.3) is 5.91 Å². The Balaban J connectivity index is 1.07. The minimum atomic E-state index is -0.634. The normalized spacial score (nSPS) is 17.4. The molecule has 2 aliphatic rings. The number of likely N-dealkylation sites (tertiary alicyclic amines) is 2. The maximum Gasteiger partial charge on any atom is 0.329 e. The van der Waals surface area contributed by atoms with Crippen molar-refractivity contribution in [3.05, 3.63) is 114 Å². The molecule has 0 spiro atoms. The van der Waals surface area contributed by atoms with Gasteiger partial charge >= 0.3 is 11.9 Å². The number of fused-ring (bicyclic) bond motifs is 1. The molecule has 0 saturated carbocycles. The zero-order valence-electron chi connectivity index (χ0n) is 26.2. The smallest absolute Gasteiger partial charge is 0.329 e. The van der Waals surface area contributed by atoms with E-state index in [1.165, 1.54) is 0 Å². The van der Waals surface area contributed by atoms with E-state index in [4.69, 9.17) is 14.2 Å². The minimum absolute atomic E-state index is 0.114. The quantitative estimate of drug-likeness (QED) is 0.208. The molecular formula is C38H38N2O7. The van der Waals surface area contributed by atoms with Crippen LogP contribution >= 0.6 is 0 Å². The fraction of sp³-hybridized carbons (Fsp3) is 0.316. The summed E-state index contributed by atoms with van der Waals surface area (Å²) in [5.74, 6) is -0.716. The molecule has 9 nitrogen and oxygen atoms in total. The molecule has 2 heterocycles. The summed E-state index contributed by atoms with van der Waals surface area (Å²) in [4.78, 5) is 55.7. The van der Waals surface area contributed by atoms with Gasteiger partial charge in [-0.2, -0.15) is 0 Å². The summed E-state index contributed by atoms with van der Waals surface area (Å²) >= 11 is 0. The van der Waals surface area contributed by atoms with Crippen LogP contribution in [0.5, 0.6) is 5.75 Å². The van der Waals surface area contributed by atoms with Crippen LogP contribution in [0.25, 0.3) is 10.8 Å². The number of nitrogens with zero attached hydrogens (tertiary/aromatic N) is 2. The van der Waals surface area contributed by atoms with Crippen molar-refractivity contribution in [3.8, 4) is 5.75 Å². The Morgan fingerprint density at radius 1 is 0.596 bits per heavy atom. The molecule has 242 valence electrons. The Morgan fingerprint density at radius 3 is 1.68 bits per heavy atom. The minimum Gasteiger partial charge on any atom is -0.483 e. The lowest BCUT2D eigenvalue weighted by atomic mass is 10.0. The largest absolute Gasteiger partial charge is 0.483 e. The van der Waals surface area contributed by atoms with Crippen LogP contribution in [0.4, 0.5) is 0 Å². The average molecular weight is 635 g/mol. The number of amides is 2. The monoisotopic (exact) mass is 634 g/mol. The summed E-state index contributed by atoms with van der Waals surface area (Å²) in [5.41, 5.74) is 2.58. The number of carbonyl (C=O) groups excluding carboxylic acids is 4. The Morgan fingerprint density at radius 2 is 1.11 bits per heavy atom. The molecule has 0 N–H and O–H groups in total. The molecule has 2 amide bonds. The van der Waals surface area contributed by atoms with Crippen molar-refractivity contribution in [2.45, 2.75) is 57.4 Å². The van der Waals surface area contributed by atoms with Gasteiger partial charge in [0.05, 0.1) is 6.42 Å². The molecule has 0 aromatic heterocycles. The van der Waals surface area contributed by atoms with Gasteiger partial charge in [0.15, 0.2) is 6.61 Å². The zero-order chi connectivity index (χ0) is 32.6. The fourth-order valence-electron chi connectivity index (χ4n) is 6.37. The van der Waals surface area contributed by atoms with Crippen LogP contribution in [0.2, 0.25) is 0 Å². The molecule has 2 fully saturated rings. The topological polar surface area (TPSA) is 102 Å². The average Bonchev–Trinajstić information content (AvgIpc) is 3.81. The molecule has 6 rings (SSSR count). The van der Waals surface area contributed by atoms with E-state index in [1.54, 1.807) is 15.9 Å². The second kappa shape index (κ2) is 14.9. The predicted octanol–water partition coefficient (Wildman–Crippen LogP) is 5.23. The molecule has 0 aliphatic carbocycles. The number of hydrogen-bond donors (Lipinski definition) is 0. The van der Waals surface area contributed by atoms with Gasteiger partial charge < -0.3 is 24.0 Å². The van der Waals surface area contributed by atoms with Crippen molar-refractivity contribution in [3.63, 3.8) is 0 Å². The first-order valence-electron chi connectivity index (χ1n) is 16.1. The maximum atomic E-state index is 13.5. The van der Waals surface area contributed by atoms with Crippen LogP contribution in [-0.2, 0) is 48.3 Å². The van der Waals surface area contributed by atoms with E-state index in [2.05, 4.69) is 0 Å². The van der Waals surface area contributed by atoms with Gasteiger partial charge in [-0.15, -0.1) is 0 Å². The molecule has 4 aromatic rings. The SMILES string of the molecule is O=C(OCc1ccccc1)[C@H]1CCCN1C(=O)COc1ccc(CC(=O)N2CCC[C@@H]2C(=O)OCc2ccccc2)c2ccccc12. The van der Waals surface area contributed by atoms with Crippen LogP contribution in [0.15, 0.2) is 97.1 Å². The maximum absolute atomic E-state index is 13.5. The standard InChI is InChI=1S/C38H38N2O7/c41-35(39-21-9-17-32(39)37(43)46-24-27-11-3-1-4-12-27)23-29-19-20-34(31-16-8-7-15-30(29)31)45-26-36(42)40-22-10-18-33(40)38(44)47-25-28-13-5-2-6-14-28/h1-8,11-16,19-20,32-33H,9-10,17-18,21-26H2/t32-,33-/m1/s1. The molecule has 47 heavy (non-hydrogen) atoms. The first-order chi connectivity index (χ1) is 23.0. The summed E-state index contributed by atoms with van der Waals surface area (Å²) in [5, 5.41) is 1.60. The van der Waals surface area contributed by atoms with Crippen LogP contribution in [-0.4, -0.2) is 65.3 Å². The van der Waals surface area contributed by atoms with Gasteiger partial charge in [-0.1, -0.05) is 91.0 Å². The highest BCUT2D eigenvalue weighted by Gasteiger charge is 2.36. The van der Waals surface area contributed by atoms with Gasteiger partial charge in [-0.25, -0.2) is 9.59 Å². The van der Waals surface area contributed by atoms with E-state index < -0.39 is 18.1 Å². The second-order valence-electron chi connectivity index (χ2n) is 11.9. The fourth-order valence-corrected chi connectivity index (χ4v) is 6.37. The number of benzene rings is 4. The Kier molecular flexibility index (Phi) is 10.1. The summed E-state index contributed by atoms with van der Waals surface area (Å²) in [6, 6.07) is 28.9. The Bertz CT molecular complexity index is 1730. The molecule has 2 atom stereocenters. The third-order valence-electron chi connectivity index (χ3n) is 8.81. The van der Waals surface area contributed by atoms with Crippen LogP contribution < -0.4 is 4.74 Å². The van der Waals surface area contributed by atoms with Gasteiger partial charge in [0.1, 0.15) is 31.0 Å². The summed E-state index contributed by atoms with van der Waals surface area (Å²) in [7, 11) is 0. The van der Waals surface area contributed by atoms with E-state index in [0.717, 1.165) is 33.9 Å². The predicted molar refractivity (Wildman–Crippen MR) is 175 cm³/mol. The molecule has 2 saturated heterocycles. The van der Waals surface area contributed by atoms with Crippen molar-refractivity contribution in [2.75, 3.05) is 19.7 Å². The second-order valence-corrected chi connectivity index (χ2v) is 11.9. The summed E-state index contributed by atoms with van der Waals surface area (Å²) < 4.78 is 17.1. The highest BCUT2D eigenvalue weighted by atomic mass is 16.5. The Hall–Kier alpha value is -5.18. The van der Waals surface area contributed by atoms with Crippen molar-refractivity contribution >= 4 is 34.5 Å².